The van der Waals surface area contributed by atoms with E-state index in [4.69, 9.17) is 4.74 Å². The normalized spacial score (nSPS) is 14.7. The van der Waals surface area contributed by atoms with Crippen LogP contribution < -0.4 is 5.43 Å². The predicted molar refractivity (Wildman–Crippen MR) is 99.6 cm³/mol. The summed E-state index contributed by atoms with van der Waals surface area (Å²) in [7, 11) is 0. The number of thiazole rings is 1. The van der Waals surface area contributed by atoms with Crippen LogP contribution in [0.1, 0.15) is 46.3 Å². The van der Waals surface area contributed by atoms with Gasteiger partial charge < -0.3 is 4.74 Å². The van der Waals surface area contributed by atoms with E-state index in [1.165, 1.54) is 22.5 Å². The maximum absolute atomic E-state index is 11.8. The number of halogens is 1. The number of benzene rings is 1. The zero-order chi connectivity index (χ0) is 16.2. The van der Waals surface area contributed by atoms with Gasteiger partial charge in [0.2, 0.25) is 5.13 Å². The van der Waals surface area contributed by atoms with Crippen LogP contribution in [0.25, 0.3) is 0 Å². The molecule has 0 spiro atoms. The molecule has 0 fully saturated rings. The molecule has 2 aromatic rings. The van der Waals surface area contributed by atoms with Gasteiger partial charge in [0.15, 0.2) is 0 Å². The number of hydrogen-bond donors (Lipinski definition) is 1. The van der Waals surface area contributed by atoms with Crippen LogP contribution in [-0.2, 0) is 11.2 Å². The van der Waals surface area contributed by atoms with E-state index in [0.717, 1.165) is 25.0 Å². The number of anilines is 1. The Labute approximate surface area is 151 Å². The first-order valence-corrected chi connectivity index (χ1v) is 8.56. The summed E-state index contributed by atoms with van der Waals surface area (Å²) in [6.07, 6.45) is 3.14. The molecule has 3 rings (SSSR count). The van der Waals surface area contributed by atoms with E-state index in [0.29, 0.717) is 22.3 Å². The maximum atomic E-state index is 11.8. The number of rotatable bonds is 4. The van der Waals surface area contributed by atoms with Crippen molar-refractivity contribution in [2.75, 3.05) is 12.0 Å². The van der Waals surface area contributed by atoms with Crippen LogP contribution in [0.3, 0.4) is 0 Å². The Kier molecular flexibility index (Phi) is 6.34. The average Bonchev–Trinajstić information content (AvgIpc) is 2.94. The fraction of sp³-hybridized carbons (Fsp3) is 0.353. The lowest BCUT2D eigenvalue weighted by molar-refractivity contribution is 0.0531. The number of esters is 1. The fourth-order valence-corrected chi connectivity index (χ4v) is 3.47. The molecular weight excluding hydrogens is 346 g/mol. The minimum Gasteiger partial charge on any atom is -0.462 e. The summed E-state index contributed by atoms with van der Waals surface area (Å²) in [5.41, 5.74) is 7.24. The van der Waals surface area contributed by atoms with Gasteiger partial charge >= 0.3 is 5.97 Å². The molecular formula is C17H20ClN3O2S. The standard InChI is InChI=1S/C17H19N3O2S.ClH/c1-3-22-16(21)15-11(2)18-17(23-15)20-19-14-10-6-8-12-7-4-5-9-13(12)14;/h4-5,7,9H,3,6,8,10H2,1-2H3,(H,18,20);1H. The van der Waals surface area contributed by atoms with Crippen molar-refractivity contribution in [3.63, 3.8) is 0 Å². The SMILES string of the molecule is CCOC(=O)c1sc(NN=C2CCCc3ccccc32)nc1C.Cl. The summed E-state index contributed by atoms with van der Waals surface area (Å²) in [6.45, 7) is 3.95. The van der Waals surface area contributed by atoms with E-state index in [1.807, 2.05) is 6.07 Å². The van der Waals surface area contributed by atoms with Crippen LogP contribution in [0.5, 0.6) is 0 Å². The van der Waals surface area contributed by atoms with Crippen LogP contribution in [-0.4, -0.2) is 23.3 Å². The number of carbonyl (C=O) groups is 1. The van der Waals surface area contributed by atoms with E-state index in [-0.39, 0.29) is 18.4 Å². The fourth-order valence-electron chi connectivity index (χ4n) is 2.66. The Morgan fingerprint density at radius 1 is 1.38 bits per heavy atom. The molecule has 24 heavy (non-hydrogen) atoms. The van der Waals surface area contributed by atoms with E-state index in [2.05, 4.69) is 33.7 Å². The number of aryl methyl sites for hydroxylation is 2. The highest BCUT2D eigenvalue weighted by Crippen LogP contribution is 2.25. The second kappa shape index (κ2) is 8.26. The Morgan fingerprint density at radius 3 is 2.96 bits per heavy atom. The number of aromatic nitrogens is 1. The lowest BCUT2D eigenvalue weighted by atomic mass is 9.90. The third-order valence-corrected chi connectivity index (χ3v) is 4.77. The van der Waals surface area contributed by atoms with Crippen molar-refractivity contribution in [2.45, 2.75) is 33.1 Å². The zero-order valence-corrected chi connectivity index (χ0v) is 15.3. The molecule has 0 radical (unpaired) electrons. The first-order valence-electron chi connectivity index (χ1n) is 7.74. The van der Waals surface area contributed by atoms with Gasteiger partial charge in [-0.05, 0) is 38.7 Å². The van der Waals surface area contributed by atoms with Crippen molar-refractivity contribution in [1.29, 1.82) is 0 Å². The molecule has 1 aliphatic rings. The van der Waals surface area contributed by atoms with Crippen molar-refractivity contribution in [3.8, 4) is 0 Å². The van der Waals surface area contributed by atoms with Gasteiger partial charge in [0.05, 0.1) is 18.0 Å². The first kappa shape index (κ1) is 18.4. The molecule has 1 aromatic carbocycles. The van der Waals surface area contributed by atoms with Gasteiger partial charge in [-0.3, -0.25) is 5.43 Å². The minimum atomic E-state index is -0.328. The number of fused-ring (bicyclic) bond motifs is 1. The van der Waals surface area contributed by atoms with Gasteiger partial charge in [-0.25, -0.2) is 9.78 Å². The van der Waals surface area contributed by atoms with Crippen molar-refractivity contribution < 1.29 is 9.53 Å². The Bertz CT molecular complexity index is 758. The Morgan fingerprint density at radius 2 is 2.17 bits per heavy atom. The van der Waals surface area contributed by atoms with E-state index in [9.17, 15) is 4.79 Å². The van der Waals surface area contributed by atoms with Gasteiger partial charge in [-0.2, -0.15) is 5.10 Å². The third kappa shape index (κ3) is 3.94. The second-order valence-corrected chi connectivity index (χ2v) is 6.33. The lowest BCUT2D eigenvalue weighted by Crippen LogP contribution is -2.13. The summed E-state index contributed by atoms with van der Waals surface area (Å²) < 4.78 is 5.03. The summed E-state index contributed by atoms with van der Waals surface area (Å²) >= 11 is 1.27. The van der Waals surface area contributed by atoms with Crippen molar-refractivity contribution in [1.82, 2.24) is 4.98 Å². The number of hydrazone groups is 1. The van der Waals surface area contributed by atoms with Crippen LogP contribution >= 0.6 is 23.7 Å². The summed E-state index contributed by atoms with van der Waals surface area (Å²) in [4.78, 5) is 16.7. The smallest absolute Gasteiger partial charge is 0.350 e. The highest BCUT2D eigenvalue weighted by molar-refractivity contribution is 7.17. The lowest BCUT2D eigenvalue weighted by Gasteiger charge is -2.17. The molecule has 0 unspecified atom stereocenters. The van der Waals surface area contributed by atoms with Crippen molar-refractivity contribution in [2.24, 2.45) is 5.10 Å². The monoisotopic (exact) mass is 365 g/mol. The molecule has 0 amide bonds. The molecule has 0 atom stereocenters. The number of nitrogens with zero attached hydrogens (tertiary/aromatic N) is 2. The Hall–Kier alpha value is -1.92. The number of carbonyl (C=O) groups excluding carboxylic acids is 1. The zero-order valence-electron chi connectivity index (χ0n) is 13.7. The number of hydrogen-bond acceptors (Lipinski definition) is 6. The van der Waals surface area contributed by atoms with Crippen molar-refractivity contribution in [3.05, 3.63) is 46.0 Å². The molecule has 0 saturated heterocycles. The maximum Gasteiger partial charge on any atom is 0.350 e. The molecule has 1 N–H and O–H groups in total. The average molecular weight is 366 g/mol. The number of ether oxygens (including phenoxy) is 1. The minimum absolute atomic E-state index is 0. The molecule has 0 saturated carbocycles. The summed E-state index contributed by atoms with van der Waals surface area (Å²) in [5.74, 6) is -0.328. The molecule has 128 valence electrons. The molecule has 1 heterocycles. The van der Waals surface area contributed by atoms with Crippen LogP contribution in [0, 0.1) is 6.92 Å². The molecule has 0 bridgehead atoms. The molecule has 7 heteroatoms. The van der Waals surface area contributed by atoms with E-state index < -0.39 is 0 Å². The van der Waals surface area contributed by atoms with Gasteiger partial charge in [-0.1, -0.05) is 35.6 Å². The quantitative estimate of drug-likeness (QED) is 0.651. The van der Waals surface area contributed by atoms with Crippen molar-refractivity contribution >= 4 is 40.6 Å². The van der Waals surface area contributed by atoms with E-state index >= 15 is 0 Å². The van der Waals surface area contributed by atoms with Gasteiger partial charge in [0.25, 0.3) is 0 Å². The van der Waals surface area contributed by atoms with Gasteiger partial charge in [0, 0.05) is 5.56 Å². The largest absolute Gasteiger partial charge is 0.462 e. The van der Waals surface area contributed by atoms with Crippen LogP contribution in [0.15, 0.2) is 29.4 Å². The molecule has 5 nitrogen and oxygen atoms in total. The summed E-state index contributed by atoms with van der Waals surface area (Å²) in [5, 5.41) is 5.13. The highest BCUT2D eigenvalue weighted by Gasteiger charge is 2.17. The first-order chi connectivity index (χ1) is 11.2. The van der Waals surface area contributed by atoms with Gasteiger partial charge in [-0.15, -0.1) is 12.4 Å². The van der Waals surface area contributed by atoms with E-state index in [1.54, 1.807) is 13.8 Å². The highest BCUT2D eigenvalue weighted by atomic mass is 35.5. The molecule has 1 aromatic heterocycles. The predicted octanol–water partition coefficient (Wildman–Crippen LogP) is 4.20. The molecule has 1 aliphatic carbocycles. The number of nitrogens with one attached hydrogen (secondary N) is 1. The van der Waals surface area contributed by atoms with Gasteiger partial charge in [0.1, 0.15) is 4.88 Å². The second-order valence-electron chi connectivity index (χ2n) is 5.34. The topological polar surface area (TPSA) is 63.6 Å². The van der Waals surface area contributed by atoms with Crippen LogP contribution in [0.2, 0.25) is 0 Å². The third-order valence-electron chi connectivity index (χ3n) is 3.73. The summed E-state index contributed by atoms with van der Waals surface area (Å²) in [6, 6.07) is 8.35. The van der Waals surface area contributed by atoms with Crippen LogP contribution in [0.4, 0.5) is 5.13 Å². The molecule has 0 aliphatic heterocycles. The Balaban J connectivity index is 0.00000208.